The third-order valence-electron chi connectivity index (χ3n) is 2.81. The second-order valence-corrected chi connectivity index (χ2v) is 4.83. The Morgan fingerprint density at radius 2 is 1.73 bits per heavy atom. The molecule has 0 spiro atoms. The summed E-state index contributed by atoms with van der Waals surface area (Å²) in [5, 5.41) is 13.9. The smallest absolute Gasteiger partial charge is 0.185 e. The van der Waals surface area contributed by atoms with Crippen molar-refractivity contribution in [3.05, 3.63) is 65.5 Å². The van der Waals surface area contributed by atoms with Crippen LogP contribution in [0.2, 0.25) is 0 Å². The van der Waals surface area contributed by atoms with Crippen LogP contribution in [0.1, 0.15) is 15.9 Å². The molecule has 0 aliphatic rings. The first-order valence-electron chi connectivity index (χ1n) is 6.40. The number of benzene rings is 2. The lowest BCUT2D eigenvalue weighted by Gasteiger charge is -2.13. The molecule has 2 rings (SSSR count). The fourth-order valence-electron chi connectivity index (χ4n) is 1.65. The molecular formula is C15H13FN3O2S-. The second kappa shape index (κ2) is 7.37. The van der Waals surface area contributed by atoms with Crippen molar-refractivity contribution < 1.29 is 14.3 Å². The van der Waals surface area contributed by atoms with Crippen molar-refractivity contribution in [3.63, 3.8) is 0 Å². The zero-order valence-electron chi connectivity index (χ0n) is 11.4. The monoisotopic (exact) mass is 318 g/mol. The molecule has 114 valence electrons. The SMILES string of the molecule is O=C([O-])c1ccc(NNC(=S)NCc2ccc(F)cc2)cc1. The van der Waals surface area contributed by atoms with Crippen LogP contribution in [0.5, 0.6) is 0 Å². The molecule has 0 bridgehead atoms. The van der Waals surface area contributed by atoms with E-state index in [0.29, 0.717) is 17.3 Å². The van der Waals surface area contributed by atoms with E-state index in [9.17, 15) is 14.3 Å². The van der Waals surface area contributed by atoms with E-state index in [1.807, 2.05) is 0 Å². The van der Waals surface area contributed by atoms with E-state index >= 15 is 0 Å². The maximum Gasteiger partial charge on any atom is 0.185 e. The van der Waals surface area contributed by atoms with Crippen molar-refractivity contribution in [2.75, 3.05) is 5.43 Å². The minimum absolute atomic E-state index is 0.0996. The molecule has 3 N–H and O–H groups in total. The number of carboxylic acid groups (broad SMARTS) is 1. The summed E-state index contributed by atoms with van der Waals surface area (Å²) in [5.74, 6) is -1.51. The Bertz CT molecular complexity index is 659. The van der Waals surface area contributed by atoms with Gasteiger partial charge in [0, 0.05) is 6.54 Å². The van der Waals surface area contributed by atoms with Crippen LogP contribution >= 0.6 is 12.2 Å². The second-order valence-electron chi connectivity index (χ2n) is 4.42. The van der Waals surface area contributed by atoms with Crippen molar-refractivity contribution in [1.82, 2.24) is 10.7 Å². The highest BCUT2D eigenvalue weighted by Crippen LogP contribution is 2.07. The van der Waals surface area contributed by atoms with E-state index in [4.69, 9.17) is 12.2 Å². The Hall–Kier alpha value is -2.67. The van der Waals surface area contributed by atoms with Gasteiger partial charge in [-0.15, -0.1) is 0 Å². The highest BCUT2D eigenvalue weighted by molar-refractivity contribution is 7.80. The summed E-state index contributed by atoms with van der Waals surface area (Å²) in [7, 11) is 0. The Balaban J connectivity index is 1.77. The van der Waals surface area contributed by atoms with Gasteiger partial charge < -0.3 is 15.2 Å². The number of hydrogen-bond donors (Lipinski definition) is 3. The van der Waals surface area contributed by atoms with Crippen LogP contribution in [0.3, 0.4) is 0 Å². The number of hydrazine groups is 1. The van der Waals surface area contributed by atoms with Crippen LogP contribution in [0.4, 0.5) is 10.1 Å². The number of anilines is 1. The number of carboxylic acids is 1. The number of halogens is 1. The lowest BCUT2D eigenvalue weighted by atomic mass is 10.2. The molecule has 0 unspecified atom stereocenters. The number of carbonyl (C=O) groups excluding carboxylic acids is 1. The molecule has 7 heteroatoms. The third-order valence-corrected chi connectivity index (χ3v) is 3.05. The van der Waals surface area contributed by atoms with Crippen LogP contribution in [0.25, 0.3) is 0 Å². The third kappa shape index (κ3) is 4.71. The molecule has 0 saturated heterocycles. The van der Waals surface area contributed by atoms with Gasteiger partial charge in [-0.3, -0.25) is 10.9 Å². The predicted octanol–water partition coefficient (Wildman–Crippen LogP) is 1.18. The molecule has 0 fully saturated rings. The van der Waals surface area contributed by atoms with E-state index in [2.05, 4.69) is 16.2 Å². The van der Waals surface area contributed by atoms with Gasteiger partial charge >= 0.3 is 0 Å². The van der Waals surface area contributed by atoms with Crippen molar-refractivity contribution in [2.24, 2.45) is 0 Å². The standard InChI is InChI=1S/C15H14FN3O2S/c16-12-5-1-10(2-6-12)9-17-15(22)19-18-13-7-3-11(4-8-13)14(20)21/h1-8,18H,9H2,(H,20,21)(H2,17,19,22)/p-1. The quantitative estimate of drug-likeness (QED) is 0.568. The van der Waals surface area contributed by atoms with Gasteiger partial charge in [-0.05, 0) is 47.6 Å². The summed E-state index contributed by atoms with van der Waals surface area (Å²) < 4.78 is 12.8. The molecule has 0 amide bonds. The normalized spacial score (nSPS) is 9.86. The Kier molecular flexibility index (Phi) is 5.26. The van der Waals surface area contributed by atoms with Gasteiger partial charge in [-0.1, -0.05) is 24.3 Å². The molecule has 0 atom stereocenters. The van der Waals surface area contributed by atoms with Crippen molar-refractivity contribution >= 4 is 29.0 Å². The van der Waals surface area contributed by atoms with Gasteiger partial charge in [0.2, 0.25) is 0 Å². The van der Waals surface area contributed by atoms with E-state index in [-0.39, 0.29) is 11.4 Å². The lowest BCUT2D eigenvalue weighted by Crippen LogP contribution is -2.38. The van der Waals surface area contributed by atoms with E-state index < -0.39 is 5.97 Å². The molecule has 0 aliphatic carbocycles. The first-order valence-corrected chi connectivity index (χ1v) is 6.81. The Morgan fingerprint density at radius 1 is 1.09 bits per heavy atom. The maximum atomic E-state index is 12.8. The van der Waals surface area contributed by atoms with Crippen LogP contribution in [0.15, 0.2) is 48.5 Å². The summed E-state index contributed by atoms with van der Waals surface area (Å²) in [6.45, 7) is 0.456. The number of carbonyl (C=O) groups is 1. The first kappa shape index (κ1) is 15.7. The van der Waals surface area contributed by atoms with Gasteiger partial charge in [-0.25, -0.2) is 4.39 Å². The first-order chi connectivity index (χ1) is 10.5. The van der Waals surface area contributed by atoms with E-state index in [0.717, 1.165) is 5.56 Å². The number of aromatic carboxylic acids is 1. The van der Waals surface area contributed by atoms with Gasteiger partial charge in [0.05, 0.1) is 11.7 Å². The summed E-state index contributed by atoms with van der Waals surface area (Å²) in [6, 6.07) is 12.1. The molecule has 0 aromatic heterocycles. The molecule has 0 heterocycles. The summed E-state index contributed by atoms with van der Waals surface area (Å²) in [6.07, 6.45) is 0. The molecule has 22 heavy (non-hydrogen) atoms. The highest BCUT2D eigenvalue weighted by Gasteiger charge is 1.98. The molecule has 5 nitrogen and oxygen atoms in total. The number of hydrogen-bond acceptors (Lipinski definition) is 4. The number of thiocarbonyl (C=S) groups is 1. The molecule has 0 radical (unpaired) electrons. The average molecular weight is 318 g/mol. The number of rotatable bonds is 5. The average Bonchev–Trinajstić information content (AvgIpc) is 2.52. The molecular weight excluding hydrogens is 305 g/mol. The fraction of sp³-hybridized carbons (Fsp3) is 0.0667. The van der Waals surface area contributed by atoms with Gasteiger partial charge in [-0.2, -0.15) is 0 Å². The van der Waals surface area contributed by atoms with Gasteiger partial charge in [0.15, 0.2) is 5.11 Å². The molecule has 0 aliphatic heterocycles. The molecule has 0 saturated carbocycles. The maximum absolute atomic E-state index is 12.8. The zero-order chi connectivity index (χ0) is 15.9. The fourth-order valence-corrected chi connectivity index (χ4v) is 1.77. The predicted molar refractivity (Wildman–Crippen MR) is 83.4 cm³/mol. The Labute approximate surface area is 132 Å². The lowest BCUT2D eigenvalue weighted by molar-refractivity contribution is -0.255. The van der Waals surface area contributed by atoms with Crippen molar-refractivity contribution in [3.8, 4) is 0 Å². The van der Waals surface area contributed by atoms with Crippen LogP contribution in [-0.4, -0.2) is 11.1 Å². The highest BCUT2D eigenvalue weighted by atomic mass is 32.1. The summed E-state index contributed by atoms with van der Waals surface area (Å²) in [4.78, 5) is 10.6. The molecule has 2 aromatic carbocycles. The summed E-state index contributed by atoms with van der Waals surface area (Å²) in [5.41, 5.74) is 7.23. The minimum Gasteiger partial charge on any atom is -0.545 e. The van der Waals surface area contributed by atoms with Crippen LogP contribution in [-0.2, 0) is 6.54 Å². The zero-order valence-corrected chi connectivity index (χ0v) is 12.2. The minimum atomic E-state index is -1.23. The van der Waals surface area contributed by atoms with Gasteiger partial charge in [0.25, 0.3) is 0 Å². The van der Waals surface area contributed by atoms with Gasteiger partial charge in [0.1, 0.15) is 5.82 Å². The van der Waals surface area contributed by atoms with Crippen molar-refractivity contribution in [2.45, 2.75) is 6.54 Å². The van der Waals surface area contributed by atoms with Crippen molar-refractivity contribution in [1.29, 1.82) is 0 Å². The largest absolute Gasteiger partial charge is 0.545 e. The van der Waals surface area contributed by atoms with Crippen LogP contribution in [0, 0.1) is 5.82 Å². The topological polar surface area (TPSA) is 76.2 Å². The number of nitrogens with one attached hydrogen (secondary N) is 3. The summed E-state index contributed by atoms with van der Waals surface area (Å²) >= 11 is 5.08. The van der Waals surface area contributed by atoms with E-state index in [1.54, 1.807) is 24.3 Å². The van der Waals surface area contributed by atoms with E-state index in [1.165, 1.54) is 24.3 Å². The molecule has 2 aromatic rings. The Morgan fingerprint density at radius 3 is 2.32 bits per heavy atom. The van der Waals surface area contributed by atoms with Crippen LogP contribution < -0.4 is 21.3 Å².